The topological polar surface area (TPSA) is 3.24 Å². The van der Waals surface area contributed by atoms with E-state index >= 15 is 0 Å². The Morgan fingerprint density at radius 3 is 2.60 bits per heavy atom. The van der Waals surface area contributed by atoms with Gasteiger partial charge in [-0.3, -0.25) is 4.90 Å². The van der Waals surface area contributed by atoms with E-state index in [1.54, 1.807) is 0 Å². The molecule has 0 aliphatic carbocycles. The molecule has 0 bridgehead atoms. The minimum absolute atomic E-state index is 0.0210. The Balaban J connectivity index is 2.20. The van der Waals surface area contributed by atoms with Crippen LogP contribution in [0, 0.1) is 0 Å². The average molecular weight is 211 g/mol. The molecule has 82 valence electrons. The van der Waals surface area contributed by atoms with Gasteiger partial charge in [0.05, 0.1) is 0 Å². The molecule has 0 amide bonds. The summed E-state index contributed by atoms with van der Waals surface area (Å²) >= 11 is 0. The molecule has 1 aliphatic heterocycles. The van der Waals surface area contributed by atoms with Crippen molar-refractivity contribution in [1.82, 2.24) is 4.90 Å². The molecule has 1 aliphatic rings. The van der Waals surface area contributed by atoms with Crippen LogP contribution in [0.1, 0.15) is 24.4 Å². The Morgan fingerprint density at radius 2 is 1.93 bits per heavy atom. The Labute approximate surface area is 88.7 Å². The lowest BCUT2D eigenvalue weighted by molar-refractivity contribution is -0.0732. The molecule has 0 saturated carbocycles. The number of alkyl halides is 2. The minimum Gasteiger partial charge on any atom is -0.299 e. The van der Waals surface area contributed by atoms with Crippen LogP contribution in [0.15, 0.2) is 30.3 Å². The van der Waals surface area contributed by atoms with Crippen LogP contribution in [0.4, 0.5) is 8.78 Å². The van der Waals surface area contributed by atoms with Crippen molar-refractivity contribution in [1.29, 1.82) is 0 Å². The van der Waals surface area contributed by atoms with E-state index in [9.17, 15) is 8.78 Å². The number of hydrogen-bond acceptors (Lipinski definition) is 1. The minimum atomic E-state index is -2.51. The van der Waals surface area contributed by atoms with E-state index in [1.807, 2.05) is 42.3 Å². The first-order valence-corrected chi connectivity index (χ1v) is 5.21. The highest BCUT2D eigenvalue weighted by Gasteiger charge is 2.39. The molecule has 0 aromatic heterocycles. The smallest absolute Gasteiger partial charge is 0.251 e. The molecule has 0 radical (unpaired) electrons. The summed E-state index contributed by atoms with van der Waals surface area (Å²) in [7, 11) is 1.91. The molecule has 0 unspecified atom stereocenters. The molecule has 1 fully saturated rings. The van der Waals surface area contributed by atoms with Crippen LogP contribution in [0.2, 0.25) is 0 Å². The van der Waals surface area contributed by atoms with Crippen LogP contribution in [0.3, 0.4) is 0 Å². The zero-order chi connectivity index (χ0) is 10.9. The maximum atomic E-state index is 13.3. The van der Waals surface area contributed by atoms with Gasteiger partial charge in [0.15, 0.2) is 0 Å². The van der Waals surface area contributed by atoms with Crippen LogP contribution in [-0.4, -0.2) is 24.4 Å². The molecule has 1 aromatic rings. The van der Waals surface area contributed by atoms with E-state index in [0.29, 0.717) is 6.54 Å². The molecule has 1 aromatic carbocycles. The number of hydrogen-bond donors (Lipinski definition) is 0. The van der Waals surface area contributed by atoms with Crippen molar-refractivity contribution in [3.8, 4) is 0 Å². The second kappa shape index (κ2) is 3.89. The molecule has 3 heteroatoms. The molecule has 1 atom stereocenters. The predicted molar refractivity (Wildman–Crippen MR) is 56.0 cm³/mol. The van der Waals surface area contributed by atoms with Crippen molar-refractivity contribution in [2.75, 3.05) is 13.6 Å². The van der Waals surface area contributed by atoms with Gasteiger partial charge in [0.1, 0.15) is 0 Å². The molecule has 1 nitrogen and oxygen atoms in total. The van der Waals surface area contributed by atoms with E-state index < -0.39 is 5.92 Å². The summed E-state index contributed by atoms with van der Waals surface area (Å²) in [5.41, 5.74) is 0.986. The van der Waals surface area contributed by atoms with Gasteiger partial charge in [-0.25, -0.2) is 8.78 Å². The van der Waals surface area contributed by atoms with Crippen LogP contribution in [0.25, 0.3) is 0 Å². The molecular weight excluding hydrogens is 196 g/mol. The third-order valence-corrected chi connectivity index (χ3v) is 3.04. The zero-order valence-electron chi connectivity index (χ0n) is 8.79. The Bertz CT molecular complexity index is 324. The number of rotatable bonds is 1. The Morgan fingerprint density at radius 1 is 1.27 bits per heavy atom. The molecule has 0 spiro atoms. The first-order chi connectivity index (χ1) is 7.08. The normalized spacial score (nSPS) is 26.5. The first-order valence-electron chi connectivity index (χ1n) is 5.21. The Kier molecular flexibility index (Phi) is 2.74. The molecule has 1 saturated heterocycles. The fourth-order valence-electron chi connectivity index (χ4n) is 2.08. The Hall–Kier alpha value is -0.960. The lowest BCUT2D eigenvalue weighted by Gasteiger charge is -2.37. The number of piperidine rings is 1. The van der Waals surface area contributed by atoms with Crippen molar-refractivity contribution < 1.29 is 8.78 Å². The number of nitrogens with zero attached hydrogens (tertiary/aromatic N) is 1. The third kappa shape index (κ3) is 2.34. The summed E-state index contributed by atoms with van der Waals surface area (Å²) in [5, 5.41) is 0. The highest BCUT2D eigenvalue weighted by atomic mass is 19.3. The quantitative estimate of drug-likeness (QED) is 0.690. The SMILES string of the molecule is CN1CCC(F)(F)C[C@@H]1c1ccccc1. The van der Waals surface area contributed by atoms with Gasteiger partial charge in [0.25, 0.3) is 5.92 Å². The van der Waals surface area contributed by atoms with Crippen LogP contribution >= 0.6 is 0 Å². The second-order valence-electron chi connectivity index (χ2n) is 4.22. The molecule has 15 heavy (non-hydrogen) atoms. The van der Waals surface area contributed by atoms with Crippen LogP contribution in [0.5, 0.6) is 0 Å². The molecule has 1 heterocycles. The zero-order valence-corrected chi connectivity index (χ0v) is 8.79. The fourth-order valence-corrected chi connectivity index (χ4v) is 2.08. The highest BCUT2D eigenvalue weighted by Crippen LogP contribution is 2.38. The lowest BCUT2D eigenvalue weighted by Crippen LogP contribution is -2.39. The monoisotopic (exact) mass is 211 g/mol. The van der Waals surface area contributed by atoms with Gasteiger partial charge in [-0.15, -0.1) is 0 Å². The number of benzene rings is 1. The molecule has 0 N–H and O–H groups in total. The predicted octanol–water partition coefficient (Wildman–Crippen LogP) is 3.09. The highest BCUT2D eigenvalue weighted by molar-refractivity contribution is 5.20. The summed E-state index contributed by atoms with van der Waals surface area (Å²) in [6, 6.07) is 9.40. The summed E-state index contributed by atoms with van der Waals surface area (Å²) in [6.07, 6.45) is -0.0830. The lowest BCUT2D eigenvalue weighted by atomic mass is 9.93. The van der Waals surface area contributed by atoms with Crippen molar-refractivity contribution in [3.63, 3.8) is 0 Å². The number of likely N-dealkylation sites (tertiary alicyclic amines) is 1. The van der Waals surface area contributed by atoms with E-state index in [1.165, 1.54) is 0 Å². The largest absolute Gasteiger partial charge is 0.299 e. The maximum Gasteiger partial charge on any atom is 0.251 e. The number of halogens is 2. The standard InChI is InChI=1S/C12H15F2N/c1-15-8-7-12(13,14)9-11(15)10-5-3-2-4-6-10/h2-6,11H,7-9H2,1H3/t11-/m1/s1. The summed E-state index contributed by atoms with van der Waals surface area (Å²) in [4.78, 5) is 2.01. The summed E-state index contributed by atoms with van der Waals surface area (Å²) in [5.74, 6) is -2.51. The van der Waals surface area contributed by atoms with Gasteiger partial charge in [-0.1, -0.05) is 30.3 Å². The van der Waals surface area contributed by atoms with E-state index in [-0.39, 0.29) is 18.9 Å². The average Bonchev–Trinajstić information content (AvgIpc) is 2.23. The van der Waals surface area contributed by atoms with Crippen molar-refractivity contribution in [3.05, 3.63) is 35.9 Å². The maximum absolute atomic E-state index is 13.3. The summed E-state index contributed by atoms with van der Waals surface area (Å²) < 4.78 is 26.6. The fraction of sp³-hybridized carbons (Fsp3) is 0.500. The van der Waals surface area contributed by atoms with E-state index in [2.05, 4.69) is 0 Å². The molecular formula is C12H15F2N. The first kappa shape index (κ1) is 10.6. The molecule has 2 rings (SSSR count). The van der Waals surface area contributed by atoms with Crippen molar-refractivity contribution >= 4 is 0 Å². The van der Waals surface area contributed by atoms with E-state index in [4.69, 9.17) is 0 Å². The van der Waals surface area contributed by atoms with Crippen LogP contribution in [-0.2, 0) is 0 Å². The van der Waals surface area contributed by atoms with Crippen molar-refractivity contribution in [2.24, 2.45) is 0 Å². The van der Waals surface area contributed by atoms with Crippen LogP contribution < -0.4 is 0 Å². The van der Waals surface area contributed by atoms with E-state index in [0.717, 1.165) is 5.56 Å². The van der Waals surface area contributed by atoms with Gasteiger partial charge in [0.2, 0.25) is 0 Å². The van der Waals surface area contributed by atoms with Gasteiger partial charge < -0.3 is 0 Å². The van der Waals surface area contributed by atoms with Gasteiger partial charge in [-0.2, -0.15) is 0 Å². The van der Waals surface area contributed by atoms with Crippen molar-refractivity contribution in [2.45, 2.75) is 24.8 Å². The van der Waals surface area contributed by atoms with Gasteiger partial charge in [-0.05, 0) is 12.6 Å². The van der Waals surface area contributed by atoms with Gasteiger partial charge in [0, 0.05) is 25.4 Å². The second-order valence-corrected chi connectivity index (χ2v) is 4.22. The third-order valence-electron chi connectivity index (χ3n) is 3.04. The van der Waals surface area contributed by atoms with Gasteiger partial charge >= 0.3 is 0 Å². The summed E-state index contributed by atoms with van der Waals surface area (Å²) in [6.45, 7) is 0.465.